The van der Waals surface area contributed by atoms with E-state index in [0.29, 0.717) is 6.07 Å². The quantitative estimate of drug-likeness (QED) is 0.503. The minimum atomic E-state index is -0.781. The zero-order valence-corrected chi connectivity index (χ0v) is 12.7. The molecule has 2 aromatic carbocycles. The van der Waals surface area contributed by atoms with E-state index in [4.69, 9.17) is 0 Å². The van der Waals surface area contributed by atoms with Crippen LogP contribution in [0.3, 0.4) is 0 Å². The van der Waals surface area contributed by atoms with Crippen LogP contribution in [0.25, 0.3) is 11.4 Å². The van der Waals surface area contributed by atoms with Crippen LogP contribution in [0, 0.1) is 31.9 Å². The van der Waals surface area contributed by atoms with Crippen LogP contribution < -0.4 is 0 Å². The molecule has 0 amide bonds. The Morgan fingerprint density at radius 1 is 0.923 bits per heavy atom. The lowest BCUT2D eigenvalue weighted by atomic mass is 10.1. The summed E-state index contributed by atoms with van der Waals surface area (Å²) >= 11 is 0. The maximum atomic E-state index is 13.2. The first-order valence-corrected chi connectivity index (χ1v) is 6.99. The SMILES string of the molecule is O=[N+]([O-])c1cc(-c2nnn(Cc3cc(F)cc(F)c3)n2)cc([N+](=O)[O-])c1. The summed E-state index contributed by atoms with van der Waals surface area (Å²) in [6.45, 7) is -0.112. The van der Waals surface area contributed by atoms with Crippen molar-refractivity contribution in [3.05, 3.63) is 73.8 Å². The molecule has 0 bridgehead atoms. The zero-order valence-electron chi connectivity index (χ0n) is 12.7. The molecule has 3 rings (SSSR count). The highest BCUT2D eigenvalue weighted by atomic mass is 19.1. The summed E-state index contributed by atoms with van der Waals surface area (Å²) in [5, 5.41) is 33.1. The molecule has 3 aromatic rings. The van der Waals surface area contributed by atoms with Gasteiger partial charge in [-0.05, 0) is 22.9 Å². The Kier molecular flexibility index (Phi) is 4.31. The van der Waals surface area contributed by atoms with Crippen LogP contribution in [0.15, 0.2) is 36.4 Å². The smallest absolute Gasteiger partial charge is 0.258 e. The number of hydrogen-bond donors (Lipinski definition) is 0. The van der Waals surface area contributed by atoms with Crippen molar-refractivity contribution in [2.45, 2.75) is 6.54 Å². The molecule has 132 valence electrons. The normalized spacial score (nSPS) is 10.7. The number of hydrogen-bond acceptors (Lipinski definition) is 7. The van der Waals surface area contributed by atoms with Crippen molar-refractivity contribution in [2.75, 3.05) is 0 Å². The lowest BCUT2D eigenvalue weighted by Gasteiger charge is -2.00. The second-order valence-corrected chi connectivity index (χ2v) is 5.17. The van der Waals surface area contributed by atoms with Gasteiger partial charge in [0, 0.05) is 23.8 Å². The molecular weight excluding hydrogens is 354 g/mol. The predicted molar refractivity (Wildman–Crippen MR) is 82.0 cm³/mol. The Bertz CT molecular complexity index is 970. The minimum absolute atomic E-state index is 0.0163. The monoisotopic (exact) mass is 362 g/mol. The number of tetrazole rings is 1. The molecule has 0 aliphatic rings. The molecule has 0 atom stereocenters. The van der Waals surface area contributed by atoms with Crippen molar-refractivity contribution < 1.29 is 18.6 Å². The topological polar surface area (TPSA) is 130 Å². The third-order valence-corrected chi connectivity index (χ3v) is 3.28. The lowest BCUT2D eigenvalue weighted by Crippen LogP contribution is -2.05. The predicted octanol–water partition coefficient (Wildman–Crippen LogP) is 2.48. The number of nitro groups is 2. The number of aromatic nitrogens is 4. The first-order valence-electron chi connectivity index (χ1n) is 6.99. The number of rotatable bonds is 5. The Morgan fingerprint density at radius 3 is 2.04 bits per heavy atom. The van der Waals surface area contributed by atoms with Gasteiger partial charge in [0.15, 0.2) is 0 Å². The molecule has 0 saturated carbocycles. The highest BCUT2D eigenvalue weighted by Gasteiger charge is 2.19. The van der Waals surface area contributed by atoms with Gasteiger partial charge in [-0.3, -0.25) is 20.2 Å². The molecule has 0 saturated heterocycles. The second-order valence-electron chi connectivity index (χ2n) is 5.17. The van der Waals surface area contributed by atoms with Gasteiger partial charge in [0.25, 0.3) is 11.4 Å². The van der Waals surface area contributed by atoms with Gasteiger partial charge in [-0.25, -0.2) is 8.78 Å². The zero-order chi connectivity index (χ0) is 18.8. The Morgan fingerprint density at radius 2 is 1.50 bits per heavy atom. The van der Waals surface area contributed by atoms with Gasteiger partial charge in [-0.2, -0.15) is 4.80 Å². The standard InChI is InChI=1S/C14H8F2N6O4/c15-10-1-8(2-11(16)5-10)7-20-18-14(17-19-20)9-3-12(21(23)24)6-13(4-9)22(25)26/h1-6H,7H2. The van der Waals surface area contributed by atoms with E-state index in [1.807, 2.05) is 0 Å². The molecule has 26 heavy (non-hydrogen) atoms. The molecule has 0 aliphatic heterocycles. The summed E-state index contributed by atoms with van der Waals surface area (Å²) in [7, 11) is 0. The summed E-state index contributed by atoms with van der Waals surface area (Å²) in [6, 6.07) is 5.83. The van der Waals surface area contributed by atoms with Crippen molar-refractivity contribution in [1.29, 1.82) is 0 Å². The van der Waals surface area contributed by atoms with Crippen LogP contribution in [0.1, 0.15) is 5.56 Å². The van der Waals surface area contributed by atoms with Crippen LogP contribution in [-0.2, 0) is 6.54 Å². The molecule has 10 nitrogen and oxygen atoms in total. The number of halogens is 2. The summed E-state index contributed by atoms with van der Waals surface area (Å²) in [6.07, 6.45) is 0. The Labute approximate surface area is 143 Å². The van der Waals surface area contributed by atoms with Gasteiger partial charge >= 0.3 is 0 Å². The van der Waals surface area contributed by atoms with Crippen molar-refractivity contribution in [3.8, 4) is 11.4 Å². The van der Waals surface area contributed by atoms with E-state index < -0.39 is 32.9 Å². The van der Waals surface area contributed by atoms with E-state index in [1.165, 1.54) is 0 Å². The van der Waals surface area contributed by atoms with Gasteiger partial charge in [-0.15, -0.1) is 10.2 Å². The summed E-state index contributed by atoms with van der Waals surface area (Å²) < 4.78 is 26.4. The molecule has 0 spiro atoms. The first kappa shape index (κ1) is 17.0. The molecule has 0 N–H and O–H groups in total. The first-order chi connectivity index (χ1) is 12.3. The van der Waals surface area contributed by atoms with E-state index in [1.54, 1.807) is 0 Å². The fourth-order valence-electron chi connectivity index (χ4n) is 2.23. The highest BCUT2D eigenvalue weighted by molar-refractivity contribution is 5.63. The van der Waals surface area contributed by atoms with Gasteiger partial charge in [0.1, 0.15) is 11.6 Å². The average molecular weight is 362 g/mol. The van der Waals surface area contributed by atoms with Crippen LogP contribution in [0.5, 0.6) is 0 Å². The number of nitrogens with zero attached hydrogens (tertiary/aromatic N) is 6. The highest BCUT2D eigenvalue weighted by Crippen LogP contribution is 2.27. The summed E-state index contributed by atoms with van der Waals surface area (Å²) in [5.74, 6) is -1.64. The third-order valence-electron chi connectivity index (χ3n) is 3.28. The van der Waals surface area contributed by atoms with Gasteiger partial charge in [-0.1, -0.05) is 0 Å². The second kappa shape index (κ2) is 6.58. The molecule has 1 heterocycles. The van der Waals surface area contributed by atoms with Crippen molar-refractivity contribution in [1.82, 2.24) is 20.2 Å². The average Bonchev–Trinajstić information content (AvgIpc) is 3.01. The van der Waals surface area contributed by atoms with Gasteiger partial charge < -0.3 is 0 Å². The van der Waals surface area contributed by atoms with E-state index in [0.717, 1.165) is 35.1 Å². The summed E-state index contributed by atoms with van der Waals surface area (Å²) in [4.78, 5) is 21.3. The minimum Gasteiger partial charge on any atom is -0.258 e. The van der Waals surface area contributed by atoms with E-state index >= 15 is 0 Å². The molecule has 0 fully saturated rings. The van der Waals surface area contributed by atoms with Crippen LogP contribution >= 0.6 is 0 Å². The Hall–Kier alpha value is -3.83. The molecule has 0 unspecified atom stereocenters. The number of non-ortho nitro benzene ring substituents is 2. The molecule has 0 radical (unpaired) electrons. The number of nitro benzene ring substituents is 2. The van der Waals surface area contributed by atoms with Crippen LogP contribution in [-0.4, -0.2) is 30.1 Å². The molecular formula is C14H8F2N6O4. The van der Waals surface area contributed by atoms with Crippen molar-refractivity contribution in [2.24, 2.45) is 0 Å². The maximum absolute atomic E-state index is 13.2. The lowest BCUT2D eigenvalue weighted by molar-refractivity contribution is -0.394. The van der Waals surface area contributed by atoms with Crippen LogP contribution in [0.2, 0.25) is 0 Å². The summed E-state index contributed by atoms with van der Waals surface area (Å²) in [5.41, 5.74) is -0.755. The third kappa shape index (κ3) is 3.63. The number of benzene rings is 2. The molecule has 0 aliphatic carbocycles. The Balaban J connectivity index is 1.94. The fourth-order valence-corrected chi connectivity index (χ4v) is 2.23. The van der Waals surface area contributed by atoms with Crippen LogP contribution in [0.4, 0.5) is 20.2 Å². The van der Waals surface area contributed by atoms with Crippen molar-refractivity contribution in [3.63, 3.8) is 0 Å². The van der Waals surface area contributed by atoms with E-state index in [-0.39, 0.29) is 23.5 Å². The molecule has 12 heteroatoms. The van der Waals surface area contributed by atoms with Crippen molar-refractivity contribution >= 4 is 11.4 Å². The van der Waals surface area contributed by atoms with E-state index in [2.05, 4.69) is 15.4 Å². The fraction of sp³-hybridized carbons (Fsp3) is 0.0714. The maximum Gasteiger partial charge on any atom is 0.277 e. The molecule has 1 aromatic heterocycles. The van der Waals surface area contributed by atoms with E-state index in [9.17, 15) is 29.0 Å². The van der Waals surface area contributed by atoms with Gasteiger partial charge in [0.2, 0.25) is 5.82 Å². The largest absolute Gasteiger partial charge is 0.277 e. The van der Waals surface area contributed by atoms with Gasteiger partial charge in [0.05, 0.1) is 22.5 Å².